The minimum atomic E-state index is -0.380. The molecule has 3 atom stereocenters. The summed E-state index contributed by atoms with van der Waals surface area (Å²) >= 11 is 1.70. The van der Waals surface area contributed by atoms with Crippen LogP contribution in [-0.2, 0) is 27.4 Å². The third kappa shape index (κ3) is 10.3. The van der Waals surface area contributed by atoms with Gasteiger partial charge in [0.2, 0.25) is 6.79 Å². The lowest BCUT2D eigenvalue weighted by atomic mass is 10.0. The zero-order valence-corrected chi connectivity index (χ0v) is 28.9. The first-order valence-electron chi connectivity index (χ1n) is 16.5. The van der Waals surface area contributed by atoms with Crippen molar-refractivity contribution in [3.8, 4) is 17.2 Å². The summed E-state index contributed by atoms with van der Waals surface area (Å²) in [5, 5.41) is 7.22. The number of aromatic nitrogens is 2. The number of amides is 1. The first-order chi connectivity index (χ1) is 22.8. The second-order valence-electron chi connectivity index (χ2n) is 12.3. The second kappa shape index (κ2) is 17.1. The van der Waals surface area contributed by atoms with Gasteiger partial charge < -0.3 is 33.7 Å². The topological polar surface area (TPSA) is 106 Å². The first kappa shape index (κ1) is 34.9. The van der Waals surface area contributed by atoms with Gasteiger partial charge in [0.25, 0.3) is 0 Å². The number of nitrogens with one attached hydrogen (secondary N) is 1. The number of ether oxygens (including phenoxy) is 6. The van der Waals surface area contributed by atoms with Crippen molar-refractivity contribution < 1.29 is 33.2 Å². The van der Waals surface area contributed by atoms with Crippen molar-refractivity contribution in [3.63, 3.8) is 0 Å². The minimum absolute atomic E-state index is 0.162. The number of alkyl carbamates (subject to hydrolysis) is 1. The molecule has 0 radical (unpaired) electrons. The predicted octanol–water partition coefficient (Wildman–Crippen LogP) is 6.36. The number of aryl methyl sites for hydroxylation is 3. The lowest BCUT2D eigenvalue weighted by Crippen LogP contribution is -2.34. The van der Waals surface area contributed by atoms with Gasteiger partial charge in [0.05, 0.1) is 24.8 Å². The summed E-state index contributed by atoms with van der Waals surface area (Å²) in [7, 11) is 0. The maximum atomic E-state index is 12.1. The number of rotatable bonds is 13. The molecule has 12 heteroatoms. The highest BCUT2D eigenvalue weighted by Crippen LogP contribution is 2.37. The highest BCUT2D eigenvalue weighted by Gasteiger charge is 2.43. The van der Waals surface area contributed by atoms with E-state index in [-0.39, 0.29) is 31.2 Å². The fourth-order valence-corrected chi connectivity index (χ4v) is 6.78. The molecule has 3 aliphatic heterocycles. The Bertz CT molecular complexity index is 1430. The zero-order chi connectivity index (χ0) is 33.2. The molecule has 4 heterocycles. The Hall–Kier alpha value is -3.45. The van der Waals surface area contributed by atoms with Crippen molar-refractivity contribution in [2.75, 3.05) is 39.6 Å². The van der Waals surface area contributed by atoms with Crippen LogP contribution in [0.5, 0.6) is 17.2 Å². The summed E-state index contributed by atoms with van der Waals surface area (Å²) in [6.07, 6.45) is 1.96. The Morgan fingerprint density at radius 2 is 1.91 bits per heavy atom. The van der Waals surface area contributed by atoms with Crippen LogP contribution in [0.3, 0.4) is 0 Å². The van der Waals surface area contributed by atoms with E-state index >= 15 is 0 Å². The predicted molar refractivity (Wildman–Crippen MR) is 180 cm³/mol. The van der Waals surface area contributed by atoms with E-state index in [2.05, 4.69) is 47.6 Å². The van der Waals surface area contributed by atoms with Gasteiger partial charge in [0.1, 0.15) is 11.9 Å². The molecular formula is C35H48N4O7S. The molecule has 47 heavy (non-hydrogen) atoms. The average molecular weight is 669 g/mol. The van der Waals surface area contributed by atoms with Gasteiger partial charge in [-0.2, -0.15) is 5.10 Å². The Balaban J connectivity index is 0.000000216. The van der Waals surface area contributed by atoms with E-state index in [0.717, 1.165) is 65.9 Å². The van der Waals surface area contributed by atoms with E-state index in [1.54, 1.807) is 11.9 Å². The van der Waals surface area contributed by atoms with E-state index in [4.69, 9.17) is 28.4 Å². The van der Waals surface area contributed by atoms with E-state index in [1.807, 2.05) is 54.9 Å². The van der Waals surface area contributed by atoms with E-state index < -0.39 is 0 Å². The van der Waals surface area contributed by atoms with Gasteiger partial charge in [0, 0.05) is 30.2 Å². The fourth-order valence-electron chi connectivity index (χ4n) is 5.60. The number of hydrogen-bond donors (Lipinski definition) is 1. The van der Waals surface area contributed by atoms with Gasteiger partial charge in [0.15, 0.2) is 24.5 Å². The molecule has 3 aliphatic rings. The Morgan fingerprint density at radius 1 is 1.11 bits per heavy atom. The molecule has 2 aromatic carbocycles. The standard InChI is InChI=1S/C21H30N2O6S.C14H18N2O/c1-14(2)11-23(30-15-4-5-17-18(10-15)28-13-27-17)8-3-7-22-21(24)29-19-12-26-20-16(19)6-9-25-20;1-4-13-5-7-14(8-6-13)17-10-16-12(3)9-11(2)15-16/h4-5,10,14,16,19-20H,3,6-9,11-13H2,1-2H3,(H,22,24);5-9H,4,10H2,1-3H3/t16-,19-,20+;/m0./s1. The van der Waals surface area contributed by atoms with Crippen LogP contribution in [0.15, 0.2) is 53.4 Å². The van der Waals surface area contributed by atoms with Crippen molar-refractivity contribution in [3.05, 3.63) is 65.5 Å². The number of fused-ring (bicyclic) bond motifs is 2. The highest BCUT2D eigenvalue weighted by atomic mass is 32.2. The Kier molecular flexibility index (Phi) is 12.7. The number of carbonyl (C=O) groups is 1. The molecule has 0 unspecified atom stereocenters. The average Bonchev–Trinajstić information content (AvgIpc) is 3.85. The summed E-state index contributed by atoms with van der Waals surface area (Å²) in [4.78, 5) is 13.2. The van der Waals surface area contributed by atoms with Crippen LogP contribution in [0.4, 0.5) is 4.79 Å². The number of hydrogen-bond acceptors (Lipinski definition) is 10. The normalized spacial score (nSPS) is 19.4. The number of carbonyl (C=O) groups excluding carboxylic acids is 1. The van der Waals surface area contributed by atoms with Crippen molar-refractivity contribution in [2.24, 2.45) is 11.8 Å². The van der Waals surface area contributed by atoms with Gasteiger partial charge in [-0.05, 0) is 92.9 Å². The smallest absolute Gasteiger partial charge is 0.407 e. The van der Waals surface area contributed by atoms with Crippen molar-refractivity contribution in [2.45, 2.75) is 77.9 Å². The van der Waals surface area contributed by atoms with Gasteiger partial charge in [-0.15, -0.1) is 0 Å². The lowest BCUT2D eigenvalue weighted by Gasteiger charge is -2.23. The van der Waals surface area contributed by atoms with Crippen LogP contribution in [0, 0.1) is 25.7 Å². The van der Waals surface area contributed by atoms with E-state index in [1.165, 1.54) is 5.56 Å². The molecule has 1 N–H and O–H groups in total. The molecule has 0 spiro atoms. The molecule has 1 amide bonds. The van der Waals surface area contributed by atoms with E-state index in [0.29, 0.717) is 32.4 Å². The Morgan fingerprint density at radius 3 is 2.66 bits per heavy atom. The lowest BCUT2D eigenvalue weighted by molar-refractivity contribution is -0.0907. The molecule has 1 aromatic heterocycles. The van der Waals surface area contributed by atoms with Crippen LogP contribution < -0.4 is 19.5 Å². The maximum absolute atomic E-state index is 12.1. The second-order valence-corrected chi connectivity index (χ2v) is 13.5. The third-order valence-electron chi connectivity index (χ3n) is 8.03. The summed E-state index contributed by atoms with van der Waals surface area (Å²) in [5.41, 5.74) is 3.46. The van der Waals surface area contributed by atoms with Crippen LogP contribution in [0.25, 0.3) is 0 Å². The summed E-state index contributed by atoms with van der Waals surface area (Å²) in [5.74, 6) is 3.17. The molecule has 11 nitrogen and oxygen atoms in total. The van der Waals surface area contributed by atoms with Gasteiger partial charge in [-0.25, -0.2) is 13.8 Å². The molecule has 2 saturated heterocycles. The Labute approximate surface area is 282 Å². The number of benzene rings is 2. The molecule has 0 aliphatic carbocycles. The van der Waals surface area contributed by atoms with Crippen LogP contribution >= 0.6 is 11.9 Å². The van der Waals surface area contributed by atoms with Crippen LogP contribution in [0.2, 0.25) is 0 Å². The zero-order valence-electron chi connectivity index (χ0n) is 28.1. The van der Waals surface area contributed by atoms with Gasteiger partial charge in [-0.1, -0.05) is 32.9 Å². The monoisotopic (exact) mass is 668 g/mol. The van der Waals surface area contributed by atoms with Crippen molar-refractivity contribution in [1.82, 2.24) is 19.4 Å². The van der Waals surface area contributed by atoms with Gasteiger partial charge >= 0.3 is 6.09 Å². The minimum Gasteiger partial charge on any atom is -0.471 e. The quantitative estimate of drug-likeness (QED) is 0.164. The third-order valence-corrected chi connectivity index (χ3v) is 9.09. The highest BCUT2D eigenvalue weighted by molar-refractivity contribution is 7.97. The van der Waals surface area contributed by atoms with Gasteiger partial charge in [-0.3, -0.25) is 0 Å². The maximum Gasteiger partial charge on any atom is 0.407 e. The SMILES string of the molecule is CC(C)CN(CCCNC(=O)O[C@H]1CO[C@H]2OCC[C@H]21)Sc1ccc2c(c1)OCO2.CCc1ccc(OCn2nc(C)cc2C)cc1. The van der Waals surface area contributed by atoms with Crippen molar-refractivity contribution >= 4 is 18.0 Å². The molecule has 0 saturated carbocycles. The summed E-state index contributed by atoms with van der Waals surface area (Å²) in [6.45, 7) is 14.8. The number of nitrogens with zero attached hydrogens (tertiary/aromatic N) is 3. The molecular weight excluding hydrogens is 620 g/mol. The fraction of sp³-hybridized carbons (Fsp3) is 0.543. The van der Waals surface area contributed by atoms with E-state index in [9.17, 15) is 4.79 Å². The molecule has 3 aromatic rings. The summed E-state index contributed by atoms with van der Waals surface area (Å²) < 4.78 is 37.2. The molecule has 6 rings (SSSR count). The molecule has 0 bridgehead atoms. The van der Waals surface area contributed by atoms with Crippen LogP contribution in [-0.4, -0.2) is 72.2 Å². The molecule has 2 fully saturated rings. The van der Waals surface area contributed by atoms with Crippen LogP contribution in [0.1, 0.15) is 50.6 Å². The first-order valence-corrected chi connectivity index (χ1v) is 17.3. The summed E-state index contributed by atoms with van der Waals surface area (Å²) in [6, 6.07) is 16.2. The van der Waals surface area contributed by atoms with Crippen molar-refractivity contribution in [1.29, 1.82) is 0 Å². The molecule has 256 valence electrons. The largest absolute Gasteiger partial charge is 0.471 e.